The Morgan fingerprint density at radius 2 is 1.95 bits per heavy atom. The van der Waals surface area contributed by atoms with E-state index < -0.39 is 0 Å². The third-order valence-corrected chi connectivity index (χ3v) is 5.24. The fraction of sp³-hybridized carbons (Fsp3) is 0.235. The quantitative estimate of drug-likeness (QED) is 0.807. The molecule has 0 saturated heterocycles. The van der Waals surface area contributed by atoms with Crippen LogP contribution in [0, 0.1) is 6.92 Å². The molecule has 0 spiro atoms. The van der Waals surface area contributed by atoms with E-state index in [1.165, 1.54) is 5.56 Å². The summed E-state index contributed by atoms with van der Waals surface area (Å²) in [7, 11) is 0. The zero-order valence-electron chi connectivity index (χ0n) is 12.1. The molecule has 1 amide bonds. The van der Waals surface area contributed by atoms with Gasteiger partial charge in [0.2, 0.25) is 5.91 Å². The first-order valence-corrected chi connectivity index (χ1v) is 8.63. The van der Waals surface area contributed by atoms with E-state index in [1.807, 2.05) is 50.2 Å². The first-order valence-electron chi connectivity index (χ1n) is 6.79. The number of anilines is 1. The minimum absolute atomic E-state index is 0.0395. The maximum Gasteiger partial charge on any atom is 0.237 e. The molecule has 0 radical (unpaired) electrons. The van der Waals surface area contributed by atoms with Gasteiger partial charge in [0.1, 0.15) is 0 Å². The lowest BCUT2D eigenvalue weighted by Crippen LogP contribution is -2.22. The van der Waals surface area contributed by atoms with Gasteiger partial charge in [-0.05, 0) is 43.2 Å². The summed E-state index contributed by atoms with van der Waals surface area (Å²) in [5.41, 5.74) is 3.19. The SMILES string of the molecule is Cc1cc(NC(=O)[C@@H](C)SCc2ccccc2)ccc1Br. The molecule has 21 heavy (non-hydrogen) atoms. The number of hydrogen-bond acceptors (Lipinski definition) is 2. The normalized spacial score (nSPS) is 12.0. The van der Waals surface area contributed by atoms with E-state index in [1.54, 1.807) is 11.8 Å². The lowest BCUT2D eigenvalue weighted by atomic mass is 10.2. The molecule has 2 aromatic rings. The van der Waals surface area contributed by atoms with Crippen molar-refractivity contribution in [3.63, 3.8) is 0 Å². The molecule has 0 aliphatic rings. The highest BCUT2D eigenvalue weighted by Crippen LogP contribution is 2.22. The Labute approximate surface area is 138 Å². The van der Waals surface area contributed by atoms with Crippen LogP contribution in [-0.2, 0) is 10.5 Å². The van der Waals surface area contributed by atoms with Gasteiger partial charge in [0, 0.05) is 15.9 Å². The van der Waals surface area contributed by atoms with Crippen molar-refractivity contribution < 1.29 is 4.79 Å². The third kappa shape index (κ3) is 4.90. The van der Waals surface area contributed by atoms with Crippen molar-refractivity contribution in [1.82, 2.24) is 0 Å². The van der Waals surface area contributed by atoms with E-state index in [9.17, 15) is 4.79 Å². The Morgan fingerprint density at radius 3 is 2.62 bits per heavy atom. The van der Waals surface area contributed by atoms with Gasteiger partial charge in [-0.25, -0.2) is 0 Å². The van der Waals surface area contributed by atoms with Gasteiger partial charge in [0.25, 0.3) is 0 Å². The van der Waals surface area contributed by atoms with Crippen molar-refractivity contribution in [3.05, 3.63) is 64.1 Å². The number of aryl methyl sites for hydroxylation is 1. The van der Waals surface area contributed by atoms with Crippen molar-refractivity contribution in [2.45, 2.75) is 24.9 Å². The van der Waals surface area contributed by atoms with E-state index >= 15 is 0 Å². The first kappa shape index (κ1) is 16.1. The number of rotatable bonds is 5. The third-order valence-electron chi connectivity index (χ3n) is 3.14. The molecule has 0 aliphatic heterocycles. The number of carbonyl (C=O) groups excluding carboxylic acids is 1. The molecule has 2 aromatic carbocycles. The summed E-state index contributed by atoms with van der Waals surface area (Å²) in [5.74, 6) is 0.882. The predicted octanol–water partition coefficient (Wildman–Crippen LogP) is 5.02. The Kier molecular flexibility index (Phi) is 5.88. The van der Waals surface area contributed by atoms with Gasteiger partial charge < -0.3 is 5.32 Å². The molecule has 1 atom stereocenters. The molecular weight excluding hydrogens is 346 g/mol. The van der Waals surface area contributed by atoms with Gasteiger partial charge in [0.15, 0.2) is 0 Å². The topological polar surface area (TPSA) is 29.1 Å². The summed E-state index contributed by atoms with van der Waals surface area (Å²) in [5, 5.41) is 2.88. The van der Waals surface area contributed by atoms with Gasteiger partial charge in [-0.2, -0.15) is 0 Å². The minimum atomic E-state index is -0.0887. The van der Waals surface area contributed by atoms with Gasteiger partial charge in [0.05, 0.1) is 5.25 Å². The van der Waals surface area contributed by atoms with Crippen molar-refractivity contribution in [2.24, 2.45) is 0 Å². The summed E-state index contributed by atoms with van der Waals surface area (Å²) >= 11 is 5.10. The number of hydrogen-bond donors (Lipinski definition) is 1. The summed E-state index contributed by atoms with van der Waals surface area (Å²) in [6, 6.07) is 16.0. The Morgan fingerprint density at radius 1 is 1.24 bits per heavy atom. The van der Waals surface area contributed by atoms with Gasteiger partial charge in [-0.3, -0.25) is 4.79 Å². The van der Waals surface area contributed by atoms with Gasteiger partial charge >= 0.3 is 0 Å². The van der Waals surface area contributed by atoms with Crippen LogP contribution < -0.4 is 5.32 Å². The Bertz CT molecular complexity index is 615. The highest BCUT2D eigenvalue weighted by molar-refractivity contribution is 9.10. The molecule has 0 heterocycles. The average Bonchev–Trinajstić information content (AvgIpc) is 2.49. The van der Waals surface area contributed by atoms with Crippen molar-refractivity contribution in [1.29, 1.82) is 0 Å². The smallest absolute Gasteiger partial charge is 0.237 e. The van der Waals surface area contributed by atoms with Crippen LogP contribution in [0.25, 0.3) is 0 Å². The standard InChI is InChI=1S/C17H18BrNOS/c1-12-10-15(8-9-16(12)18)19-17(20)13(2)21-11-14-6-4-3-5-7-14/h3-10,13H,11H2,1-2H3,(H,19,20)/t13-/m1/s1. The maximum atomic E-state index is 12.2. The molecule has 0 aromatic heterocycles. The number of benzene rings is 2. The van der Waals surface area contributed by atoms with Crippen LogP contribution in [0.5, 0.6) is 0 Å². The minimum Gasteiger partial charge on any atom is -0.325 e. The predicted molar refractivity (Wildman–Crippen MR) is 94.7 cm³/mol. The van der Waals surface area contributed by atoms with Crippen LogP contribution in [0.15, 0.2) is 53.0 Å². The highest BCUT2D eigenvalue weighted by atomic mass is 79.9. The molecule has 4 heteroatoms. The molecule has 1 N–H and O–H groups in total. The van der Waals surface area contributed by atoms with Crippen molar-refractivity contribution in [3.8, 4) is 0 Å². The lowest BCUT2D eigenvalue weighted by Gasteiger charge is -2.13. The fourth-order valence-corrected chi connectivity index (χ4v) is 2.93. The second-order valence-electron chi connectivity index (χ2n) is 4.89. The largest absolute Gasteiger partial charge is 0.325 e. The molecule has 110 valence electrons. The first-order chi connectivity index (χ1) is 10.1. The monoisotopic (exact) mass is 363 g/mol. The maximum absolute atomic E-state index is 12.2. The van der Waals surface area contributed by atoms with Crippen LogP contribution in [0.1, 0.15) is 18.1 Å². The molecule has 0 fully saturated rings. The van der Waals surface area contributed by atoms with Crippen molar-refractivity contribution >= 4 is 39.3 Å². The van der Waals surface area contributed by atoms with E-state index in [0.29, 0.717) is 0 Å². The second-order valence-corrected chi connectivity index (χ2v) is 7.08. The number of thioether (sulfide) groups is 1. The molecule has 0 bridgehead atoms. The second kappa shape index (κ2) is 7.66. The number of carbonyl (C=O) groups is 1. The summed E-state index contributed by atoms with van der Waals surface area (Å²) in [6.45, 7) is 3.95. The molecule has 2 rings (SSSR count). The summed E-state index contributed by atoms with van der Waals surface area (Å²) in [4.78, 5) is 12.2. The number of nitrogens with one attached hydrogen (secondary N) is 1. The summed E-state index contributed by atoms with van der Waals surface area (Å²) < 4.78 is 1.05. The number of amides is 1. The van der Waals surface area contributed by atoms with Crippen LogP contribution >= 0.6 is 27.7 Å². The van der Waals surface area contributed by atoms with Crippen LogP contribution in [0.2, 0.25) is 0 Å². The van der Waals surface area contributed by atoms with E-state index in [2.05, 4.69) is 33.4 Å². The van der Waals surface area contributed by atoms with Gasteiger partial charge in [-0.1, -0.05) is 46.3 Å². The zero-order valence-corrected chi connectivity index (χ0v) is 14.5. The Hall–Kier alpha value is -1.26. The number of halogens is 1. The molecule has 2 nitrogen and oxygen atoms in total. The van der Waals surface area contributed by atoms with Crippen LogP contribution in [0.3, 0.4) is 0 Å². The van der Waals surface area contributed by atoms with Crippen LogP contribution in [0.4, 0.5) is 5.69 Å². The van der Waals surface area contributed by atoms with E-state index in [4.69, 9.17) is 0 Å². The zero-order chi connectivity index (χ0) is 15.2. The van der Waals surface area contributed by atoms with Gasteiger partial charge in [-0.15, -0.1) is 11.8 Å². The van der Waals surface area contributed by atoms with E-state index in [-0.39, 0.29) is 11.2 Å². The van der Waals surface area contributed by atoms with E-state index in [0.717, 1.165) is 21.5 Å². The fourth-order valence-electron chi connectivity index (χ4n) is 1.84. The molecule has 0 saturated carbocycles. The molecule has 0 unspecified atom stereocenters. The summed E-state index contributed by atoms with van der Waals surface area (Å²) in [6.07, 6.45) is 0. The highest BCUT2D eigenvalue weighted by Gasteiger charge is 2.13. The van der Waals surface area contributed by atoms with Crippen LogP contribution in [-0.4, -0.2) is 11.2 Å². The lowest BCUT2D eigenvalue weighted by molar-refractivity contribution is -0.115. The molecule has 0 aliphatic carbocycles. The van der Waals surface area contributed by atoms with Crippen molar-refractivity contribution in [2.75, 3.05) is 5.32 Å². The average molecular weight is 364 g/mol. The Balaban J connectivity index is 1.89. The molecular formula is C17H18BrNOS.